The molecule has 0 fully saturated rings. The van der Waals surface area contributed by atoms with Crippen molar-refractivity contribution in [3.05, 3.63) is 59.7 Å². The summed E-state index contributed by atoms with van der Waals surface area (Å²) in [6.45, 7) is 3.35. The summed E-state index contributed by atoms with van der Waals surface area (Å²) in [6, 6.07) is 14.3. The summed E-state index contributed by atoms with van der Waals surface area (Å²) in [6.07, 6.45) is 1.49. The summed E-state index contributed by atoms with van der Waals surface area (Å²) in [5.74, 6) is -0.0588. The molecule has 0 aromatic heterocycles. The summed E-state index contributed by atoms with van der Waals surface area (Å²) in [5.41, 5.74) is 1.80. The number of carbonyl (C=O) groups excluding carboxylic acids is 1. The summed E-state index contributed by atoms with van der Waals surface area (Å²) < 4.78 is 37.8. The summed E-state index contributed by atoms with van der Waals surface area (Å²) in [4.78, 5) is 11.3. The number of hydrogen-bond donors (Lipinski definition) is 1. The Morgan fingerprint density at radius 1 is 1.15 bits per heavy atom. The van der Waals surface area contributed by atoms with E-state index in [9.17, 15) is 13.2 Å². The van der Waals surface area contributed by atoms with Crippen LogP contribution in [0, 0.1) is 6.92 Å². The number of sulfonamides is 1. The van der Waals surface area contributed by atoms with Gasteiger partial charge < -0.3 is 9.47 Å². The van der Waals surface area contributed by atoms with Crippen LogP contribution < -0.4 is 9.46 Å². The Labute approximate surface area is 160 Å². The lowest BCUT2D eigenvalue weighted by Gasteiger charge is -2.15. The maximum Gasteiger partial charge on any atom is 0.343 e. The van der Waals surface area contributed by atoms with Crippen molar-refractivity contribution in [3.8, 4) is 5.75 Å². The van der Waals surface area contributed by atoms with Crippen LogP contribution in [-0.2, 0) is 26.0 Å². The van der Waals surface area contributed by atoms with E-state index in [-0.39, 0.29) is 17.5 Å². The monoisotopic (exact) mass is 391 g/mol. The molecule has 27 heavy (non-hydrogen) atoms. The van der Waals surface area contributed by atoms with E-state index in [1.54, 1.807) is 13.0 Å². The fraction of sp³-hybridized carbons (Fsp3) is 0.350. The topological polar surface area (TPSA) is 81.7 Å². The second-order valence-electron chi connectivity index (χ2n) is 6.34. The average molecular weight is 391 g/mol. The highest BCUT2D eigenvalue weighted by Gasteiger charge is 2.18. The summed E-state index contributed by atoms with van der Waals surface area (Å²) in [7, 11) is -2.36. The molecule has 0 aliphatic heterocycles. The lowest BCUT2D eigenvalue weighted by molar-refractivity contribution is -0.142. The minimum absolute atomic E-state index is 0.164. The fourth-order valence-corrected chi connectivity index (χ4v) is 3.93. The molecule has 0 bridgehead atoms. The molecule has 0 saturated heterocycles. The second-order valence-corrected chi connectivity index (χ2v) is 8.05. The van der Waals surface area contributed by atoms with E-state index >= 15 is 0 Å². The van der Waals surface area contributed by atoms with Crippen LogP contribution in [0.4, 0.5) is 0 Å². The van der Waals surface area contributed by atoms with Crippen molar-refractivity contribution in [2.24, 2.45) is 0 Å². The minimum Gasteiger partial charge on any atom is -0.482 e. The smallest absolute Gasteiger partial charge is 0.343 e. The lowest BCUT2D eigenvalue weighted by atomic mass is 10.1. The molecule has 2 aromatic rings. The molecular formula is C20H25NO5S. The van der Waals surface area contributed by atoms with Crippen molar-refractivity contribution in [3.63, 3.8) is 0 Å². The molecule has 0 aliphatic rings. The highest BCUT2D eigenvalue weighted by molar-refractivity contribution is 7.89. The lowest BCUT2D eigenvalue weighted by Crippen LogP contribution is -2.33. The second kappa shape index (κ2) is 9.53. The maximum atomic E-state index is 12.6. The zero-order valence-electron chi connectivity index (χ0n) is 15.8. The third-order valence-electron chi connectivity index (χ3n) is 4.10. The van der Waals surface area contributed by atoms with Gasteiger partial charge in [0.1, 0.15) is 5.75 Å². The van der Waals surface area contributed by atoms with Gasteiger partial charge in [-0.2, -0.15) is 0 Å². The van der Waals surface area contributed by atoms with Crippen LogP contribution in [0.25, 0.3) is 0 Å². The van der Waals surface area contributed by atoms with Crippen LogP contribution >= 0.6 is 0 Å². The quantitative estimate of drug-likeness (QED) is 0.665. The predicted octanol–water partition coefficient (Wildman–Crippen LogP) is 2.85. The molecule has 146 valence electrons. The first-order chi connectivity index (χ1) is 12.8. The number of nitrogens with one attached hydrogen (secondary N) is 1. The van der Waals surface area contributed by atoms with Crippen molar-refractivity contribution < 1.29 is 22.7 Å². The molecule has 0 heterocycles. The van der Waals surface area contributed by atoms with Gasteiger partial charge in [0.25, 0.3) is 0 Å². The molecule has 0 aliphatic carbocycles. The molecule has 0 radical (unpaired) electrons. The largest absolute Gasteiger partial charge is 0.482 e. The summed E-state index contributed by atoms with van der Waals surface area (Å²) in [5, 5.41) is 0. The van der Waals surface area contributed by atoms with Crippen molar-refractivity contribution in [2.45, 2.75) is 37.6 Å². The van der Waals surface area contributed by atoms with E-state index in [0.29, 0.717) is 17.7 Å². The molecule has 2 rings (SSSR count). The Morgan fingerprint density at radius 3 is 2.48 bits per heavy atom. The van der Waals surface area contributed by atoms with Gasteiger partial charge in [-0.3, -0.25) is 0 Å². The first kappa shape index (κ1) is 20.9. The van der Waals surface area contributed by atoms with E-state index in [2.05, 4.69) is 9.46 Å². The van der Waals surface area contributed by atoms with Crippen LogP contribution in [0.3, 0.4) is 0 Å². The van der Waals surface area contributed by atoms with Crippen LogP contribution in [-0.4, -0.2) is 34.1 Å². The standard InChI is InChI=1S/C20H25NO5S/c1-15-13-18(11-12-19(15)26-14-20(22)25-3)27(23,24)21-16(2)9-10-17-7-5-4-6-8-17/h4-8,11-13,16,21H,9-10,14H2,1-3H3/t16-/m0/s1. The summed E-state index contributed by atoms with van der Waals surface area (Å²) >= 11 is 0. The van der Waals surface area contributed by atoms with Gasteiger partial charge in [0.05, 0.1) is 12.0 Å². The van der Waals surface area contributed by atoms with Crippen LogP contribution in [0.15, 0.2) is 53.4 Å². The SMILES string of the molecule is COC(=O)COc1ccc(S(=O)(=O)N[C@@H](C)CCc2ccccc2)cc1C. The fourth-order valence-electron chi connectivity index (χ4n) is 2.57. The van der Waals surface area contributed by atoms with Gasteiger partial charge in [0.15, 0.2) is 6.61 Å². The highest BCUT2D eigenvalue weighted by atomic mass is 32.2. The van der Waals surface area contributed by atoms with E-state index in [1.165, 1.54) is 24.8 Å². The van der Waals surface area contributed by atoms with Gasteiger partial charge in [0.2, 0.25) is 10.0 Å². The van der Waals surface area contributed by atoms with E-state index in [4.69, 9.17) is 4.74 Å². The van der Waals surface area contributed by atoms with Gasteiger partial charge in [-0.25, -0.2) is 17.9 Å². The van der Waals surface area contributed by atoms with Gasteiger partial charge in [-0.15, -0.1) is 0 Å². The molecule has 0 unspecified atom stereocenters. The third kappa shape index (κ3) is 6.37. The number of methoxy groups -OCH3 is 1. The molecular weight excluding hydrogens is 366 g/mol. The number of rotatable bonds is 9. The van der Waals surface area contributed by atoms with Gasteiger partial charge >= 0.3 is 5.97 Å². The number of hydrogen-bond acceptors (Lipinski definition) is 5. The molecule has 0 amide bonds. The van der Waals surface area contributed by atoms with Crippen molar-refractivity contribution in [2.75, 3.05) is 13.7 Å². The number of aryl methyl sites for hydroxylation is 2. The predicted molar refractivity (Wildman–Crippen MR) is 103 cm³/mol. The maximum absolute atomic E-state index is 12.6. The van der Waals surface area contributed by atoms with Crippen molar-refractivity contribution in [1.29, 1.82) is 0 Å². The molecule has 7 heteroatoms. The average Bonchev–Trinajstić information content (AvgIpc) is 2.65. The van der Waals surface area contributed by atoms with Crippen LogP contribution in [0.1, 0.15) is 24.5 Å². The Balaban J connectivity index is 1.98. The number of esters is 1. The highest BCUT2D eigenvalue weighted by Crippen LogP contribution is 2.22. The Hall–Kier alpha value is -2.38. The first-order valence-corrected chi connectivity index (χ1v) is 10.2. The third-order valence-corrected chi connectivity index (χ3v) is 5.68. The number of carbonyl (C=O) groups is 1. The Kier molecular flexibility index (Phi) is 7.38. The molecule has 2 aromatic carbocycles. The molecule has 1 atom stereocenters. The Bertz CT molecular complexity index is 865. The van der Waals surface area contributed by atoms with Gasteiger partial charge in [-0.1, -0.05) is 30.3 Å². The van der Waals surface area contributed by atoms with Crippen molar-refractivity contribution >= 4 is 16.0 Å². The van der Waals surface area contributed by atoms with E-state index < -0.39 is 16.0 Å². The molecule has 1 N–H and O–H groups in total. The molecule has 0 saturated carbocycles. The number of benzene rings is 2. The first-order valence-electron chi connectivity index (χ1n) is 8.68. The van der Waals surface area contributed by atoms with Gasteiger partial charge in [0, 0.05) is 6.04 Å². The zero-order valence-corrected chi connectivity index (χ0v) is 16.6. The number of ether oxygens (including phenoxy) is 2. The minimum atomic E-state index is -3.64. The van der Waals surface area contributed by atoms with Crippen LogP contribution in [0.5, 0.6) is 5.75 Å². The van der Waals surface area contributed by atoms with E-state index in [1.807, 2.05) is 37.3 Å². The van der Waals surface area contributed by atoms with Gasteiger partial charge in [-0.05, 0) is 56.0 Å². The zero-order chi connectivity index (χ0) is 19.9. The van der Waals surface area contributed by atoms with Crippen LogP contribution in [0.2, 0.25) is 0 Å². The normalized spacial score (nSPS) is 12.4. The molecule has 6 nitrogen and oxygen atoms in total. The Morgan fingerprint density at radius 2 is 1.85 bits per heavy atom. The van der Waals surface area contributed by atoms with E-state index in [0.717, 1.165) is 6.42 Å². The molecule has 0 spiro atoms. The van der Waals surface area contributed by atoms with Crippen molar-refractivity contribution in [1.82, 2.24) is 4.72 Å².